The van der Waals surface area contributed by atoms with Gasteiger partial charge in [-0.2, -0.15) is 0 Å². The fourth-order valence-electron chi connectivity index (χ4n) is 0.805. The Balaban J connectivity index is 2.37. The standard InChI is InChI=1S/C6H12N2O/c1-9-6-7-4-2-3-5-8-6/h2-5H2,1H3,(H,7,8). The molecular weight excluding hydrogens is 116 g/mol. The van der Waals surface area contributed by atoms with E-state index in [0.29, 0.717) is 6.02 Å². The van der Waals surface area contributed by atoms with Gasteiger partial charge in [0.1, 0.15) is 0 Å². The second-order valence-corrected chi connectivity index (χ2v) is 2.02. The van der Waals surface area contributed by atoms with Crippen LogP contribution in [0.15, 0.2) is 4.99 Å². The number of rotatable bonds is 0. The molecule has 0 spiro atoms. The van der Waals surface area contributed by atoms with E-state index in [0.717, 1.165) is 13.1 Å². The molecule has 0 bridgehead atoms. The van der Waals surface area contributed by atoms with E-state index in [1.165, 1.54) is 12.8 Å². The smallest absolute Gasteiger partial charge is 0.284 e. The number of aliphatic imine (C=N–C) groups is 1. The molecule has 0 aromatic rings. The molecule has 3 nitrogen and oxygen atoms in total. The number of ether oxygens (including phenoxy) is 1. The normalized spacial score (nSPS) is 19.4. The number of amidine groups is 1. The lowest BCUT2D eigenvalue weighted by atomic mass is 10.3. The molecule has 1 N–H and O–H groups in total. The average molecular weight is 128 g/mol. The van der Waals surface area contributed by atoms with Crippen molar-refractivity contribution in [2.75, 3.05) is 20.2 Å². The van der Waals surface area contributed by atoms with Crippen LogP contribution in [0.1, 0.15) is 12.8 Å². The first-order valence-corrected chi connectivity index (χ1v) is 3.26. The Morgan fingerprint density at radius 2 is 2.44 bits per heavy atom. The van der Waals surface area contributed by atoms with E-state index in [9.17, 15) is 0 Å². The zero-order valence-electron chi connectivity index (χ0n) is 5.68. The van der Waals surface area contributed by atoms with Gasteiger partial charge in [0.25, 0.3) is 6.02 Å². The summed E-state index contributed by atoms with van der Waals surface area (Å²) in [5.41, 5.74) is 0. The largest absolute Gasteiger partial charge is 0.469 e. The van der Waals surface area contributed by atoms with Gasteiger partial charge in [-0.05, 0) is 12.8 Å². The quantitative estimate of drug-likeness (QED) is 0.511. The Kier molecular flexibility index (Phi) is 2.36. The predicted molar refractivity (Wildman–Crippen MR) is 36.5 cm³/mol. The van der Waals surface area contributed by atoms with E-state index in [-0.39, 0.29) is 0 Å². The summed E-state index contributed by atoms with van der Waals surface area (Å²) < 4.78 is 4.91. The molecule has 9 heavy (non-hydrogen) atoms. The Morgan fingerprint density at radius 3 is 3.22 bits per heavy atom. The van der Waals surface area contributed by atoms with Crippen molar-refractivity contribution in [3.05, 3.63) is 0 Å². The maximum atomic E-state index is 4.91. The summed E-state index contributed by atoms with van der Waals surface area (Å²) in [5.74, 6) is 0. The Bertz CT molecular complexity index is 112. The van der Waals surface area contributed by atoms with Crippen LogP contribution in [0.25, 0.3) is 0 Å². The summed E-state index contributed by atoms with van der Waals surface area (Å²) in [6.07, 6.45) is 2.36. The van der Waals surface area contributed by atoms with Crippen LogP contribution in [-0.2, 0) is 4.74 Å². The van der Waals surface area contributed by atoms with E-state index < -0.39 is 0 Å². The van der Waals surface area contributed by atoms with Crippen molar-refractivity contribution in [2.45, 2.75) is 12.8 Å². The van der Waals surface area contributed by atoms with Crippen molar-refractivity contribution < 1.29 is 4.74 Å². The molecule has 0 aromatic heterocycles. The van der Waals surface area contributed by atoms with Gasteiger partial charge in [-0.25, -0.2) is 4.99 Å². The SMILES string of the molecule is COC1=NCCCCN1. The molecule has 1 aliphatic rings. The third-order valence-electron chi connectivity index (χ3n) is 1.31. The van der Waals surface area contributed by atoms with Crippen molar-refractivity contribution in [3.8, 4) is 0 Å². The maximum Gasteiger partial charge on any atom is 0.284 e. The molecule has 0 fully saturated rings. The zero-order chi connectivity index (χ0) is 6.53. The molecule has 0 unspecified atom stereocenters. The fourth-order valence-corrected chi connectivity index (χ4v) is 0.805. The molecule has 52 valence electrons. The van der Waals surface area contributed by atoms with Crippen molar-refractivity contribution in [2.24, 2.45) is 4.99 Å². The van der Waals surface area contributed by atoms with Gasteiger partial charge < -0.3 is 10.1 Å². The highest BCUT2D eigenvalue weighted by Crippen LogP contribution is 1.93. The van der Waals surface area contributed by atoms with Gasteiger partial charge in [0.15, 0.2) is 0 Å². The first-order chi connectivity index (χ1) is 4.43. The minimum Gasteiger partial charge on any atom is -0.469 e. The van der Waals surface area contributed by atoms with Crippen LogP contribution in [0.5, 0.6) is 0 Å². The molecule has 0 radical (unpaired) electrons. The van der Waals surface area contributed by atoms with E-state index in [1.54, 1.807) is 7.11 Å². The number of nitrogens with one attached hydrogen (secondary N) is 1. The molecule has 0 saturated carbocycles. The summed E-state index contributed by atoms with van der Waals surface area (Å²) in [6, 6.07) is 0.688. The zero-order valence-corrected chi connectivity index (χ0v) is 5.68. The minimum atomic E-state index is 0.688. The topological polar surface area (TPSA) is 33.6 Å². The van der Waals surface area contributed by atoms with Crippen LogP contribution in [0.4, 0.5) is 0 Å². The summed E-state index contributed by atoms with van der Waals surface area (Å²) in [5, 5.41) is 3.06. The summed E-state index contributed by atoms with van der Waals surface area (Å²) in [7, 11) is 1.64. The van der Waals surface area contributed by atoms with Gasteiger partial charge in [-0.3, -0.25) is 0 Å². The third kappa shape index (κ3) is 1.91. The Labute approximate surface area is 55.1 Å². The van der Waals surface area contributed by atoms with Crippen molar-refractivity contribution >= 4 is 6.02 Å². The second kappa shape index (κ2) is 3.33. The van der Waals surface area contributed by atoms with Crippen LogP contribution in [0.3, 0.4) is 0 Å². The van der Waals surface area contributed by atoms with Crippen molar-refractivity contribution in [3.63, 3.8) is 0 Å². The Morgan fingerprint density at radius 1 is 1.56 bits per heavy atom. The monoisotopic (exact) mass is 128 g/mol. The first kappa shape index (κ1) is 6.39. The highest BCUT2D eigenvalue weighted by Gasteiger charge is 1.99. The molecular formula is C6H12N2O. The van der Waals surface area contributed by atoms with Gasteiger partial charge in [-0.15, -0.1) is 0 Å². The predicted octanol–water partition coefficient (Wildman–Crippen LogP) is 0.372. The van der Waals surface area contributed by atoms with Crippen LogP contribution in [0.2, 0.25) is 0 Å². The molecule has 0 aliphatic carbocycles. The van der Waals surface area contributed by atoms with Crippen molar-refractivity contribution in [1.82, 2.24) is 5.32 Å². The molecule has 1 aliphatic heterocycles. The van der Waals surface area contributed by atoms with E-state index >= 15 is 0 Å². The third-order valence-corrected chi connectivity index (χ3v) is 1.31. The van der Waals surface area contributed by atoms with Gasteiger partial charge in [0.05, 0.1) is 7.11 Å². The van der Waals surface area contributed by atoms with Crippen LogP contribution < -0.4 is 5.32 Å². The summed E-state index contributed by atoms with van der Waals surface area (Å²) in [6.45, 7) is 1.89. The van der Waals surface area contributed by atoms with E-state index in [2.05, 4.69) is 10.3 Å². The van der Waals surface area contributed by atoms with Crippen molar-refractivity contribution in [1.29, 1.82) is 0 Å². The molecule has 1 heterocycles. The fraction of sp³-hybridized carbons (Fsp3) is 0.833. The van der Waals surface area contributed by atoms with Gasteiger partial charge >= 0.3 is 0 Å². The number of nitrogens with zero attached hydrogens (tertiary/aromatic N) is 1. The van der Waals surface area contributed by atoms with Gasteiger partial charge in [0.2, 0.25) is 0 Å². The lowest BCUT2D eigenvalue weighted by molar-refractivity contribution is 0.381. The van der Waals surface area contributed by atoms with Gasteiger partial charge in [-0.1, -0.05) is 0 Å². The van der Waals surface area contributed by atoms with E-state index in [1.807, 2.05) is 0 Å². The molecule has 0 amide bonds. The van der Waals surface area contributed by atoms with Crippen LogP contribution >= 0.6 is 0 Å². The van der Waals surface area contributed by atoms with E-state index in [4.69, 9.17) is 4.74 Å². The lowest BCUT2D eigenvalue weighted by Crippen LogP contribution is -2.24. The number of methoxy groups -OCH3 is 1. The highest BCUT2D eigenvalue weighted by atomic mass is 16.5. The van der Waals surface area contributed by atoms with Crippen LogP contribution in [-0.4, -0.2) is 26.2 Å². The van der Waals surface area contributed by atoms with Gasteiger partial charge in [0, 0.05) is 13.1 Å². The highest BCUT2D eigenvalue weighted by molar-refractivity contribution is 5.73. The molecule has 0 aromatic carbocycles. The minimum absolute atomic E-state index is 0.688. The first-order valence-electron chi connectivity index (χ1n) is 3.26. The average Bonchev–Trinajstić information content (AvgIpc) is 2.13. The maximum absolute atomic E-state index is 4.91. The number of hydrogen-bond donors (Lipinski definition) is 1. The molecule has 0 atom stereocenters. The second-order valence-electron chi connectivity index (χ2n) is 2.02. The summed E-state index contributed by atoms with van der Waals surface area (Å²) in [4.78, 5) is 4.12. The van der Waals surface area contributed by atoms with Crippen LogP contribution in [0, 0.1) is 0 Å². The molecule has 0 saturated heterocycles. The number of hydrogen-bond acceptors (Lipinski definition) is 3. The summed E-state index contributed by atoms with van der Waals surface area (Å²) >= 11 is 0. The molecule has 1 rings (SSSR count). The molecule has 3 heteroatoms. The lowest BCUT2D eigenvalue weighted by Gasteiger charge is -2.02. The Hall–Kier alpha value is -0.730.